The fourth-order valence-corrected chi connectivity index (χ4v) is 4.92. The SMILES string of the molecule is O=C1CC(c2ccc(OCc3ccccc3)cc2OCc2ccccc2)N1c1ccc(-c2ccccc2)cc1. The van der Waals surface area contributed by atoms with Crippen LogP contribution in [0, 0.1) is 0 Å². The van der Waals surface area contributed by atoms with E-state index in [9.17, 15) is 4.79 Å². The maximum Gasteiger partial charge on any atom is 0.230 e. The van der Waals surface area contributed by atoms with Crippen LogP contribution in [0.15, 0.2) is 133 Å². The van der Waals surface area contributed by atoms with Crippen LogP contribution >= 0.6 is 0 Å². The summed E-state index contributed by atoms with van der Waals surface area (Å²) in [6.45, 7) is 0.905. The second kappa shape index (κ2) is 11.3. The van der Waals surface area contributed by atoms with Gasteiger partial charge in [0.15, 0.2) is 0 Å². The van der Waals surface area contributed by atoms with Crippen molar-refractivity contribution in [1.82, 2.24) is 0 Å². The van der Waals surface area contributed by atoms with Crippen LogP contribution in [0.5, 0.6) is 11.5 Å². The molecule has 1 aliphatic heterocycles. The van der Waals surface area contributed by atoms with Gasteiger partial charge in [0.05, 0.1) is 12.5 Å². The Bertz CT molecular complexity index is 1530. The number of nitrogens with zero attached hydrogens (tertiary/aromatic N) is 1. The van der Waals surface area contributed by atoms with Crippen LogP contribution in [0.4, 0.5) is 5.69 Å². The average Bonchev–Trinajstić information content (AvgIpc) is 3.00. The largest absolute Gasteiger partial charge is 0.489 e. The van der Waals surface area contributed by atoms with Crippen molar-refractivity contribution in [2.24, 2.45) is 0 Å². The summed E-state index contributed by atoms with van der Waals surface area (Å²) < 4.78 is 12.4. The first-order chi connectivity index (χ1) is 19.2. The minimum Gasteiger partial charge on any atom is -0.489 e. The number of amides is 1. The first kappa shape index (κ1) is 24.5. The van der Waals surface area contributed by atoms with Crippen molar-refractivity contribution in [3.05, 3.63) is 150 Å². The first-order valence-electron chi connectivity index (χ1n) is 13.2. The van der Waals surface area contributed by atoms with Crippen LogP contribution in [0.1, 0.15) is 29.2 Å². The quantitative estimate of drug-likeness (QED) is 0.188. The summed E-state index contributed by atoms with van der Waals surface area (Å²) in [6, 6.07) is 44.5. The average molecular weight is 512 g/mol. The van der Waals surface area contributed by atoms with E-state index < -0.39 is 0 Å². The van der Waals surface area contributed by atoms with E-state index in [0.717, 1.165) is 45.0 Å². The Morgan fingerprint density at radius 1 is 0.615 bits per heavy atom. The van der Waals surface area contributed by atoms with Gasteiger partial charge in [0.25, 0.3) is 0 Å². The molecule has 4 nitrogen and oxygen atoms in total. The molecule has 4 heteroatoms. The van der Waals surface area contributed by atoms with Crippen LogP contribution in [0.25, 0.3) is 11.1 Å². The molecule has 0 aromatic heterocycles. The second-order valence-electron chi connectivity index (χ2n) is 9.64. The molecule has 0 spiro atoms. The predicted octanol–water partition coefficient (Wildman–Crippen LogP) is 7.99. The Morgan fingerprint density at radius 2 is 1.18 bits per heavy atom. The highest BCUT2D eigenvalue weighted by Crippen LogP contribution is 2.44. The molecular weight excluding hydrogens is 482 g/mol. The number of carbonyl (C=O) groups excluding carboxylic acids is 1. The molecule has 6 rings (SSSR count). The van der Waals surface area contributed by atoms with Gasteiger partial charge in [-0.05, 0) is 46.5 Å². The lowest BCUT2D eigenvalue weighted by molar-refractivity contribution is -0.124. The van der Waals surface area contributed by atoms with E-state index in [1.807, 2.05) is 114 Å². The van der Waals surface area contributed by atoms with Gasteiger partial charge in [0, 0.05) is 17.3 Å². The highest BCUT2D eigenvalue weighted by atomic mass is 16.5. The van der Waals surface area contributed by atoms with Crippen molar-refractivity contribution in [2.75, 3.05) is 4.90 Å². The molecule has 192 valence electrons. The number of carbonyl (C=O) groups is 1. The number of hydrogen-bond acceptors (Lipinski definition) is 3. The molecule has 0 radical (unpaired) electrons. The van der Waals surface area contributed by atoms with Crippen LogP contribution < -0.4 is 14.4 Å². The van der Waals surface area contributed by atoms with Crippen molar-refractivity contribution in [3.8, 4) is 22.6 Å². The Kier molecular flexibility index (Phi) is 7.09. The highest BCUT2D eigenvalue weighted by Gasteiger charge is 2.40. The molecule has 1 unspecified atom stereocenters. The van der Waals surface area contributed by atoms with Gasteiger partial charge in [-0.25, -0.2) is 0 Å². The van der Waals surface area contributed by atoms with Crippen molar-refractivity contribution in [2.45, 2.75) is 25.7 Å². The summed E-state index contributed by atoms with van der Waals surface area (Å²) in [5.74, 6) is 1.56. The number of benzene rings is 5. The maximum absolute atomic E-state index is 12.8. The van der Waals surface area contributed by atoms with Crippen LogP contribution in [0.2, 0.25) is 0 Å². The number of rotatable bonds is 9. The molecule has 5 aromatic carbocycles. The van der Waals surface area contributed by atoms with Crippen LogP contribution in [0.3, 0.4) is 0 Å². The fraction of sp³-hybridized carbons (Fsp3) is 0.114. The molecule has 1 aliphatic rings. The third kappa shape index (κ3) is 5.55. The van der Waals surface area contributed by atoms with Gasteiger partial charge in [-0.3, -0.25) is 4.79 Å². The summed E-state index contributed by atoms with van der Waals surface area (Å²) in [4.78, 5) is 14.7. The summed E-state index contributed by atoms with van der Waals surface area (Å²) in [5, 5.41) is 0. The minimum absolute atomic E-state index is 0.103. The fourth-order valence-electron chi connectivity index (χ4n) is 4.92. The Morgan fingerprint density at radius 3 is 1.79 bits per heavy atom. The number of ether oxygens (including phenoxy) is 2. The van der Waals surface area contributed by atoms with E-state index in [2.05, 4.69) is 24.3 Å². The number of anilines is 1. The number of β-lactam (4-membered cyclic amide) rings is 1. The summed E-state index contributed by atoms with van der Waals surface area (Å²) in [6.07, 6.45) is 0.437. The maximum atomic E-state index is 12.8. The van der Waals surface area contributed by atoms with Gasteiger partial charge < -0.3 is 14.4 Å². The van der Waals surface area contributed by atoms with Crippen molar-refractivity contribution < 1.29 is 14.3 Å². The van der Waals surface area contributed by atoms with Gasteiger partial charge in [-0.15, -0.1) is 0 Å². The van der Waals surface area contributed by atoms with E-state index in [0.29, 0.717) is 19.6 Å². The normalized spacial score (nSPS) is 14.5. The van der Waals surface area contributed by atoms with Gasteiger partial charge in [-0.2, -0.15) is 0 Å². The van der Waals surface area contributed by atoms with Gasteiger partial charge >= 0.3 is 0 Å². The lowest BCUT2D eigenvalue weighted by Gasteiger charge is -2.41. The summed E-state index contributed by atoms with van der Waals surface area (Å²) in [7, 11) is 0. The van der Waals surface area contributed by atoms with Crippen LogP contribution in [-0.2, 0) is 18.0 Å². The van der Waals surface area contributed by atoms with Crippen molar-refractivity contribution in [1.29, 1.82) is 0 Å². The van der Waals surface area contributed by atoms with E-state index in [4.69, 9.17) is 9.47 Å². The molecule has 0 aliphatic carbocycles. The lowest BCUT2D eigenvalue weighted by Crippen LogP contribution is -2.46. The minimum atomic E-state index is -0.103. The van der Waals surface area contributed by atoms with Crippen molar-refractivity contribution in [3.63, 3.8) is 0 Å². The molecule has 1 saturated heterocycles. The first-order valence-corrected chi connectivity index (χ1v) is 13.2. The Hall–Kier alpha value is -4.83. The highest BCUT2D eigenvalue weighted by molar-refractivity contribution is 6.01. The molecule has 1 heterocycles. The van der Waals surface area contributed by atoms with E-state index in [1.165, 1.54) is 0 Å². The zero-order chi connectivity index (χ0) is 26.4. The number of hydrogen-bond donors (Lipinski definition) is 0. The molecule has 1 atom stereocenters. The van der Waals surface area contributed by atoms with E-state index >= 15 is 0 Å². The van der Waals surface area contributed by atoms with Gasteiger partial charge in [0.1, 0.15) is 24.7 Å². The zero-order valence-corrected chi connectivity index (χ0v) is 21.6. The van der Waals surface area contributed by atoms with E-state index in [-0.39, 0.29) is 11.9 Å². The Labute approximate surface area is 229 Å². The monoisotopic (exact) mass is 511 g/mol. The molecule has 0 saturated carbocycles. The van der Waals surface area contributed by atoms with E-state index in [1.54, 1.807) is 0 Å². The van der Waals surface area contributed by atoms with Crippen LogP contribution in [-0.4, -0.2) is 5.91 Å². The summed E-state index contributed by atoms with van der Waals surface area (Å²) in [5.41, 5.74) is 6.31. The third-order valence-electron chi connectivity index (χ3n) is 7.03. The lowest BCUT2D eigenvalue weighted by atomic mass is 9.91. The van der Waals surface area contributed by atoms with Gasteiger partial charge in [0.2, 0.25) is 5.91 Å². The smallest absolute Gasteiger partial charge is 0.230 e. The standard InChI is InChI=1S/C35H29NO3/c37-35-23-33(36(35)30-18-16-29(17-19-30)28-14-8-3-9-15-28)32-21-20-31(38-24-26-10-4-1-5-11-26)22-34(32)39-25-27-12-6-2-7-13-27/h1-22,33H,23-25H2. The van der Waals surface area contributed by atoms with Crippen molar-refractivity contribution >= 4 is 11.6 Å². The molecular formula is C35H29NO3. The Balaban J connectivity index is 1.26. The molecule has 39 heavy (non-hydrogen) atoms. The molecule has 1 amide bonds. The molecule has 1 fully saturated rings. The predicted molar refractivity (Wildman–Crippen MR) is 155 cm³/mol. The zero-order valence-electron chi connectivity index (χ0n) is 21.6. The molecule has 0 N–H and O–H groups in total. The summed E-state index contributed by atoms with van der Waals surface area (Å²) >= 11 is 0. The topological polar surface area (TPSA) is 38.8 Å². The molecule has 5 aromatic rings. The van der Waals surface area contributed by atoms with Gasteiger partial charge in [-0.1, -0.05) is 103 Å². The molecule has 0 bridgehead atoms. The third-order valence-corrected chi connectivity index (χ3v) is 7.03. The second-order valence-corrected chi connectivity index (χ2v) is 9.64.